The summed E-state index contributed by atoms with van der Waals surface area (Å²) in [7, 11) is 2.26. The highest BCUT2D eigenvalue weighted by Crippen LogP contribution is 2.44. The van der Waals surface area contributed by atoms with Gasteiger partial charge >= 0.3 is 0 Å². The van der Waals surface area contributed by atoms with Crippen molar-refractivity contribution in [3.63, 3.8) is 0 Å². The standard InChI is InChI=1S/C15H30N/c1-13(2,3)16(8)12-9-14(4,5)11-15(6,7)10-12/h9-11H2,1-8H3/q+1. The Bertz CT molecular complexity index is 282. The molecule has 1 aliphatic carbocycles. The van der Waals surface area contributed by atoms with Crippen molar-refractivity contribution in [3.05, 3.63) is 0 Å². The summed E-state index contributed by atoms with van der Waals surface area (Å²) in [6, 6.07) is 0. The maximum Gasteiger partial charge on any atom is 0.153 e. The van der Waals surface area contributed by atoms with E-state index < -0.39 is 0 Å². The van der Waals surface area contributed by atoms with E-state index in [1.165, 1.54) is 19.3 Å². The molecule has 1 nitrogen and oxygen atoms in total. The fourth-order valence-corrected chi connectivity index (χ4v) is 3.30. The molecule has 0 bridgehead atoms. The van der Waals surface area contributed by atoms with Gasteiger partial charge in [-0.1, -0.05) is 27.7 Å². The minimum atomic E-state index is 0.249. The third kappa shape index (κ3) is 3.33. The Balaban J connectivity index is 3.08. The highest BCUT2D eigenvalue weighted by atomic mass is 15.1. The number of hydrogen-bond acceptors (Lipinski definition) is 0. The Morgan fingerprint density at radius 3 is 1.62 bits per heavy atom. The molecule has 1 aliphatic rings. The van der Waals surface area contributed by atoms with Crippen molar-refractivity contribution in [3.8, 4) is 0 Å². The van der Waals surface area contributed by atoms with E-state index >= 15 is 0 Å². The van der Waals surface area contributed by atoms with Crippen molar-refractivity contribution in [2.75, 3.05) is 7.05 Å². The van der Waals surface area contributed by atoms with E-state index in [1.54, 1.807) is 5.71 Å². The smallest absolute Gasteiger partial charge is 0.153 e. The molecule has 0 N–H and O–H groups in total. The van der Waals surface area contributed by atoms with Crippen molar-refractivity contribution >= 4 is 5.71 Å². The molecule has 0 atom stereocenters. The van der Waals surface area contributed by atoms with E-state index in [0.717, 1.165) is 0 Å². The third-order valence-electron chi connectivity index (χ3n) is 3.80. The fourth-order valence-electron chi connectivity index (χ4n) is 3.30. The molecule has 1 fully saturated rings. The lowest BCUT2D eigenvalue weighted by atomic mass is 9.64. The Morgan fingerprint density at radius 2 is 1.31 bits per heavy atom. The molecular weight excluding hydrogens is 194 g/mol. The van der Waals surface area contributed by atoms with E-state index in [0.29, 0.717) is 10.8 Å². The van der Waals surface area contributed by atoms with Crippen LogP contribution < -0.4 is 0 Å². The van der Waals surface area contributed by atoms with E-state index in [1.807, 2.05) is 0 Å². The summed E-state index contributed by atoms with van der Waals surface area (Å²) in [6.45, 7) is 16.5. The third-order valence-corrected chi connectivity index (χ3v) is 3.80. The summed E-state index contributed by atoms with van der Waals surface area (Å²) >= 11 is 0. The van der Waals surface area contributed by atoms with Crippen molar-refractivity contribution in [1.29, 1.82) is 0 Å². The molecule has 0 radical (unpaired) electrons. The first-order valence-electron chi connectivity index (χ1n) is 6.52. The van der Waals surface area contributed by atoms with Crippen LogP contribution in [0.15, 0.2) is 0 Å². The zero-order chi connectivity index (χ0) is 12.8. The average molecular weight is 224 g/mol. The van der Waals surface area contributed by atoms with Gasteiger partial charge in [-0.15, -0.1) is 0 Å². The lowest BCUT2D eigenvalue weighted by molar-refractivity contribution is -0.573. The molecule has 0 aromatic rings. The monoisotopic (exact) mass is 224 g/mol. The van der Waals surface area contributed by atoms with Crippen LogP contribution in [0.1, 0.15) is 67.7 Å². The molecule has 0 saturated heterocycles. The lowest BCUT2D eigenvalue weighted by Gasteiger charge is -2.40. The van der Waals surface area contributed by atoms with Gasteiger partial charge in [0, 0.05) is 12.8 Å². The minimum Gasteiger partial charge on any atom is -0.235 e. The Kier molecular flexibility index (Phi) is 3.31. The normalized spacial score (nSPS) is 24.4. The highest BCUT2D eigenvalue weighted by Gasteiger charge is 2.41. The molecule has 16 heavy (non-hydrogen) atoms. The molecule has 1 rings (SSSR count). The van der Waals surface area contributed by atoms with Gasteiger partial charge in [0.1, 0.15) is 7.05 Å². The quantitative estimate of drug-likeness (QED) is 0.545. The van der Waals surface area contributed by atoms with Crippen LogP contribution in [0.2, 0.25) is 0 Å². The van der Waals surface area contributed by atoms with Crippen LogP contribution >= 0.6 is 0 Å². The molecule has 0 aromatic carbocycles. The molecule has 0 spiro atoms. The molecule has 94 valence electrons. The van der Waals surface area contributed by atoms with Gasteiger partial charge in [0.05, 0.1) is 0 Å². The van der Waals surface area contributed by atoms with Gasteiger partial charge in [0.15, 0.2) is 11.3 Å². The summed E-state index contributed by atoms with van der Waals surface area (Å²) in [5, 5.41) is 0. The summed E-state index contributed by atoms with van der Waals surface area (Å²) in [4.78, 5) is 0. The molecule has 0 heterocycles. The Labute approximate surface area is 102 Å². The van der Waals surface area contributed by atoms with Gasteiger partial charge in [-0.2, -0.15) is 0 Å². The van der Waals surface area contributed by atoms with Crippen molar-refractivity contribution < 1.29 is 4.58 Å². The van der Waals surface area contributed by atoms with Gasteiger partial charge in [-0.3, -0.25) is 0 Å². The van der Waals surface area contributed by atoms with E-state index in [-0.39, 0.29) is 5.54 Å². The first-order chi connectivity index (χ1) is 6.93. The Morgan fingerprint density at radius 1 is 0.938 bits per heavy atom. The second-order valence-corrected chi connectivity index (χ2v) is 8.15. The van der Waals surface area contributed by atoms with Gasteiger partial charge in [0.2, 0.25) is 0 Å². The summed E-state index contributed by atoms with van der Waals surface area (Å²) in [6.07, 6.45) is 3.84. The van der Waals surface area contributed by atoms with Gasteiger partial charge < -0.3 is 0 Å². The predicted molar refractivity (Wildman–Crippen MR) is 72.4 cm³/mol. The van der Waals surface area contributed by atoms with Crippen LogP contribution in [0.4, 0.5) is 0 Å². The molecule has 0 aromatic heterocycles. The Hall–Kier alpha value is -0.330. The zero-order valence-electron chi connectivity index (χ0n) is 12.6. The molecule has 0 unspecified atom stereocenters. The number of nitrogens with zero attached hydrogens (tertiary/aromatic N) is 1. The molecule has 1 saturated carbocycles. The number of hydrogen-bond donors (Lipinski definition) is 0. The van der Waals surface area contributed by atoms with Gasteiger partial charge in [-0.25, -0.2) is 4.58 Å². The van der Waals surface area contributed by atoms with Gasteiger partial charge in [0.25, 0.3) is 0 Å². The minimum absolute atomic E-state index is 0.249. The summed E-state index contributed by atoms with van der Waals surface area (Å²) in [5.41, 5.74) is 2.79. The summed E-state index contributed by atoms with van der Waals surface area (Å²) < 4.78 is 2.50. The number of rotatable bonds is 0. The van der Waals surface area contributed by atoms with Crippen molar-refractivity contribution in [1.82, 2.24) is 0 Å². The predicted octanol–water partition coefficient (Wildman–Crippen LogP) is 4.10. The topological polar surface area (TPSA) is 3.01 Å². The molecule has 1 heteroatoms. The highest BCUT2D eigenvalue weighted by molar-refractivity contribution is 5.82. The SMILES string of the molecule is C[N+](=C1CC(C)(C)CC(C)(C)C1)C(C)(C)C. The average Bonchev–Trinajstić information content (AvgIpc) is 1.94. The van der Waals surface area contributed by atoms with E-state index in [2.05, 4.69) is 60.1 Å². The largest absolute Gasteiger partial charge is 0.235 e. The van der Waals surface area contributed by atoms with Crippen LogP contribution in [-0.4, -0.2) is 22.9 Å². The van der Waals surface area contributed by atoms with Crippen molar-refractivity contribution in [2.24, 2.45) is 10.8 Å². The molecule has 0 aliphatic heterocycles. The van der Waals surface area contributed by atoms with Crippen LogP contribution in [0.3, 0.4) is 0 Å². The van der Waals surface area contributed by atoms with Crippen LogP contribution in [-0.2, 0) is 0 Å². The van der Waals surface area contributed by atoms with E-state index in [4.69, 9.17) is 0 Å². The zero-order valence-corrected chi connectivity index (χ0v) is 12.6. The van der Waals surface area contributed by atoms with Gasteiger partial charge in [-0.05, 0) is 38.0 Å². The first kappa shape index (κ1) is 13.7. The maximum absolute atomic E-state index is 2.50. The summed E-state index contributed by atoms with van der Waals surface area (Å²) in [5.74, 6) is 0. The van der Waals surface area contributed by atoms with Crippen LogP contribution in [0.5, 0.6) is 0 Å². The second-order valence-electron chi connectivity index (χ2n) is 8.15. The van der Waals surface area contributed by atoms with Crippen molar-refractivity contribution in [2.45, 2.75) is 73.3 Å². The molecular formula is C15H30N+. The van der Waals surface area contributed by atoms with E-state index in [9.17, 15) is 0 Å². The first-order valence-corrected chi connectivity index (χ1v) is 6.52. The molecule has 0 amide bonds. The fraction of sp³-hybridized carbons (Fsp3) is 0.933. The second kappa shape index (κ2) is 3.85. The lowest BCUT2D eigenvalue weighted by Crippen LogP contribution is -2.42. The van der Waals surface area contributed by atoms with Crippen LogP contribution in [0.25, 0.3) is 0 Å². The maximum atomic E-state index is 2.50. The van der Waals surface area contributed by atoms with Crippen LogP contribution in [0, 0.1) is 10.8 Å².